The third-order valence-electron chi connectivity index (χ3n) is 3.92. The number of rotatable bonds is 12. The molecule has 0 aliphatic carbocycles. The molecule has 0 fully saturated rings. The van der Waals surface area contributed by atoms with Crippen LogP contribution >= 0.6 is 11.6 Å². The summed E-state index contributed by atoms with van der Waals surface area (Å²) in [6.07, 6.45) is 0.986. The van der Waals surface area contributed by atoms with Gasteiger partial charge in [0.05, 0.1) is 13.7 Å². The van der Waals surface area contributed by atoms with Gasteiger partial charge in [0, 0.05) is 29.2 Å². The number of halogens is 1. The first-order valence-corrected chi connectivity index (χ1v) is 9.18. The van der Waals surface area contributed by atoms with Crippen LogP contribution in [-0.4, -0.2) is 38.5 Å². The van der Waals surface area contributed by atoms with Gasteiger partial charge in [-0.3, -0.25) is 0 Å². The minimum Gasteiger partial charge on any atom is -0.493 e. The number of methoxy groups -OCH3 is 1. The summed E-state index contributed by atoms with van der Waals surface area (Å²) in [4.78, 5) is 0. The zero-order valence-corrected chi connectivity index (χ0v) is 15.9. The Morgan fingerprint density at radius 3 is 2.50 bits per heavy atom. The molecule has 0 saturated heterocycles. The van der Waals surface area contributed by atoms with Gasteiger partial charge in [0.1, 0.15) is 6.61 Å². The van der Waals surface area contributed by atoms with Crippen molar-refractivity contribution in [3.8, 4) is 11.5 Å². The molecule has 0 aliphatic rings. The van der Waals surface area contributed by atoms with Crippen LogP contribution in [0.15, 0.2) is 42.5 Å². The zero-order valence-electron chi connectivity index (χ0n) is 15.1. The Kier molecular flexibility index (Phi) is 9.28. The standard InChI is InChI=1S/C20H27ClN2O3/c1-25-19-9-4-7-16(14-23-11-5-10-22-12-13-24)20(19)26-15-17-6-2-3-8-18(17)21/h2-4,6-9,22-24H,5,10-15H2,1H3. The second kappa shape index (κ2) is 11.8. The molecule has 0 heterocycles. The van der Waals surface area contributed by atoms with Crippen molar-refractivity contribution in [3.63, 3.8) is 0 Å². The molecule has 0 amide bonds. The Morgan fingerprint density at radius 1 is 0.962 bits per heavy atom. The van der Waals surface area contributed by atoms with Crippen LogP contribution in [0.1, 0.15) is 17.5 Å². The second-order valence-corrected chi connectivity index (χ2v) is 6.24. The zero-order chi connectivity index (χ0) is 18.6. The van der Waals surface area contributed by atoms with E-state index in [9.17, 15) is 0 Å². The summed E-state index contributed by atoms with van der Waals surface area (Å²) < 4.78 is 11.5. The molecule has 3 N–H and O–H groups in total. The molecule has 26 heavy (non-hydrogen) atoms. The number of nitrogens with one attached hydrogen (secondary N) is 2. The first kappa shape index (κ1) is 20.5. The molecule has 0 saturated carbocycles. The lowest BCUT2D eigenvalue weighted by atomic mass is 10.1. The lowest BCUT2D eigenvalue weighted by molar-refractivity contribution is 0.280. The van der Waals surface area contributed by atoms with Gasteiger partial charge in [-0.2, -0.15) is 0 Å². The van der Waals surface area contributed by atoms with Crippen LogP contribution in [0.4, 0.5) is 0 Å². The molecule has 6 heteroatoms. The van der Waals surface area contributed by atoms with E-state index in [0.29, 0.717) is 30.5 Å². The van der Waals surface area contributed by atoms with E-state index >= 15 is 0 Å². The summed E-state index contributed by atoms with van der Waals surface area (Å²) in [6, 6.07) is 13.5. The molecule has 142 valence electrons. The van der Waals surface area contributed by atoms with Crippen LogP contribution in [-0.2, 0) is 13.2 Å². The summed E-state index contributed by atoms with van der Waals surface area (Å²) in [7, 11) is 1.64. The van der Waals surface area contributed by atoms with E-state index in [0.717, 1.165) is 36.4 Å². The molecule has 2 rings (SSSR count). The fourth-order valence-corrected chi connectivity index (χ4v) is 2.75. The van der Waals surface area contributed by atoms with Crippen molar-refractivity contribution in [1.29, 1.82) is 0 Å². The number of ether oxygens (including phenoxy) is 2. The number of hydrogen-bond donors (Lipinski definition) is 3. The summed E-state index contributed by atoms with van der Waals surface area (Å²) >= 11 is 6.21. The Labute approximate surface area is 160 Å². The topological polar surface area (TPSA) is 62.8 Å². The average molecular weight is 379 g/mol. The molecule has 0 spiro atoms. The molecule has 0 aliphatic heterocycles. The highest BCUT2D eigenvalue weighted by Gasteiger charge is 2.11. The monoisotopic (exact) mass is 378 g/mol. The molecule has 0 aromatic heterocycles. The Hall–Kier alpha value is -1.79. The molecule has 2 aromatic carbocycles. The van der Waals surface area contributed by atoms with Crippen molar-refractivity contribution in [2.75, 3.05) is 33.4 Å². The van der Waals surface area contributed by atoms with E-state index in [1.807, 2.05) is 42.5 Å². The van der Waals surface area contributed by atoms with E-state index in [2.05, 4.69) is 10.6 Å². The van der Waals surface area contributed by atoms with Crippen molar-refractivity contribution in [3.05, 3.63) is 58.6 Å². The van der Waals surface area contributed by atoms with Crippen molar-refractivity contribution in [2.45, 2.75) is 19.6 Å². The maximum absolute atomic E-state index is 8.74. The van der Waals surface area contributed by atoms with Gasteiger partial charge in [0.2, 0.25) is 0 Å². The van der Waals surface area contributed by atoms with Gasteiger partial charge in [-0.15, -0.1) is 0 Å². The summed E-state index contributed by atoms with van der Waals surface area (Å²) in [6.45, 7) is 3.63. The SMILES string of the molecule is COc1cccc(CNCCCNCCO)c1OCc1ccccc1Cl. The average Bonchev–Trinajstić information content (AvgIpc) is 2.67. The highest BCUT2D eigenvalue weighted by Crippen LogP contribution is 2.32. The molecular formula is C20H27ClN2O3. The number of hydrogen-bond acceptors (Lipinski definition) is 5. The van der Waals surface area contributed by atoms with Crippen molar-refractivity contribution < 1.29 is 14.6 Å². The van der Waals surface area contributed by atoms with E-state index < -0.39 is 0 Å². The Morgan fingerprint density at radius 2 is 1.73 bits per heavy atom. The number of benzene rings is 2. The quantitative estimate of drug-likeness (QED) is 0.495. The largest absolute Gasteiger partial charge is 0.493 e. The predicted molar refractivity (Wildman–Crippen MR) is 105 cm³/mol. The summed E-state index contributed by atoms with van der Waals surface area (Å²) in [5, 5.41) is 16.0. The van der Waals surface area contributed by atoms with Gasteiger partial charge in [0.25, 0.3) is 0 Å². The molecule has 5 nitrogen and oxygen atoms in total. The maximum Gasteiger partial charge on any atom is 0.166 e. The third kappa shape index (κ3) is 6.50. The van der Waals surface area contributed by atoms with E-state index in [-0.39, 0.29) is 6.61 Å². The molecule has 0 unspecified atom stereocenters. The van der Waals surface area contributed by atoms with Crippen LogP contribution in [0.3, 0.4) is 0 Å². The minimum absolute atomic E-state index is 0.170. The van der Waals surface area contributed by atoms with Gasteiger partial charge in [0.15, 0.2) is 11.5 Å². The highest BCUT2D eigenvalue weighted by molar-refractivity contribution is 6.31. The van der Waals surface area contributed by atoms with E-state index in [1.165, 1.54) is 0 Å². The first-order valence-electron chi connectivity index (χ1n) is 8.80. The second-order valence-electron chi connectivity index (χ2n) is 5.83. The maximum atomic E-state index is 8.74. The van der Waals surface area contributed by atoms with Gasteiger partial charge in [-0.05, 0) is 31.6 Å². The molecular weight excluding hydrogens is 352 g/mol. The normalized spacial score (nSPS) is 10.7. The summed E-state index contributed by atoms with van der Waals surface area (Å²) in [5.41, 5.74) is 1.98. The van der Waals surface area contributed by atoms with Crippen molar-refractivity contribution in [2.24, 2.45) is 0 Å². The van der Waals surface area contributed by atoms with Gasteiger partial charge < -0.3 is 25.2 Å². The molecule has 2 aromatic rings. The lowest BCUT2D eigenvalue weighted by Gasteiger charge is -2.16. The van der Waals surface area contributed by atoms with Gasteiger partial charge in [-0.25, -0.2) is 0 Å². The number of aliphatic hydroxyl groups excluding tert-OH is 1. The van der Waals surface area contributed by atoms with E-state index in [4.69, 9.17) is 26.2 Å². The van der Waals surface area contributed by atoms with E-state index in [1.54, 1.807) is 7.11 Å². The van der Waals surface area contributed by atoms with Crippen molar-refractivity contribution >= 4 is 11.6 Å². The molecule has 0 bridgehead atoms. The smallest absolute Gasteiger partial charge is 0.166 e. The lowest BCUT2D eigenvalue weighted by Crippen LogP contribution is -2.24. The highest BCUT2D eigenvalue weighted by atomic mass is 35.5. The molecule has 0 radical (unpaired) electrons. The Balaban J connectivity index is 1.93. The predicted octanol–water partition coefficient (Wildman–Crippen LogP) is 2.99. The molecule has 0 atom stereocenters. The number of para-hydroxylation sites is 1. The van der Waals surface area contributed by atoms with Crippen molar-refractivity contribution in [1.82, 2.24) is 10.6 Å². The fourth-order valence-electron chi connectivity index (χ4n) is 2.56. The van der Waals surface area contributed by atoms with Crippen LogP contribution in [0.2, 0.25) is 5.02 Å². The Bertz CT molecular complexity index is 667. The van der Waals surface area contributed by atoms with Crippen LogP contribution in [0.5, 0.6) is 11.5 Å². The first-order chi connectivity index (χ1) is 12.8. The van der Waals surface area contributed by atoms with Crippen LogP contribution < -0.4 is 20.1 Å². The minimum atomic E-state index is 0.170. The van der Waals surface area contributed by atoms with Gasteiger partial charge in [-0.1, -0.05) is 41.9 Å². The van der Waals surface area contributed by atoms with Gasteiger partial charge >= 0.3 is 0 Å². The fraction of sp³-hybridized carbons (Fsp3) is 0.400. The third-order valence-corrected chi connectivity index (χ3v) is 4.29. The summed E-state index contributed by atoms with van der Waals surface area (Å²) in [5.74, 6) is 1.45. The van der Waals surface area contributed by atoms with Crippen LogP contribution in [0, 0.1) is 0 Å². The van der Waals surface area contributed by atoms with Crippen LogP contribution in [0.25, 0.3) is 0 Å². The number of aliphatic hydroxyl groups is 1.